The molecule has 0 atom stereocenters. The van der Waals surface area contributed by atoms with E-state index in [0.29, 0.717) is 30.9 Å². The van der Waals surface area contributed by atoms with Crippen molar-refractivity contribution in [1.29, 1.82) is 0 Å². The summed E-state index contributed by atoms with van der Waals surface area (Å²) in [6, 6.07) is 4.14. The van der Waals surface area contributed by atoms with Gasteiger partial charge in [0.2, 0.25) is 5.91 Å². The molecular weight excluding hydrogens is 371 g/mol. The zero-order valence-electron chi connectivity index (χ0n) is 14.7. The summed E-state index contributed by atoms with van der Waals surface area (Å²) < 4.78 is 13.3. The molecule has 0 unspecified atom stereocenters. The molecule has 2 amide bonds. The van der Waals surface area contributed by atoms with Crippen LogP contribution in [0, 0.1) is 11.2 Å². The third-order valence-corrected chi connectivity index (χ3v) is 6.01. The van der Waals surface area contributed by atoms with E-state index in [1.54, 1.807) is 17.2 Å². The molecule has 1 saturated heterocycles. The normalized spacial score (nSPS) is 25.2. The molecule has 1 aromatic carbocycles. The zero-order chi connectivity index (χ0) is 19.0. The van der Waals surface area contributed by atoms with Crippen molar-refractivity contribution in [2.75, 3.05) is 11.4 Å². The minimum atomic E-state index is -0.419. The molecule has 1 aliphatic carbocycles. The van der Waals surface area contributed by atoms with Gasteiger partial charge in [-0.2, -0.15) is 0 Å². The summed E-state index contributed by atoms with van der Waals surface area (Å²) in [7, 11) is 0. The number of imidazole rings is 1. The smallest absolute Gasteiger partial charge is 0.287 e. The summed E-state index contributed by atoms with van der Waals surface area (Å²) in [5.74, 6) is -0.299. The van der Waals surface area contributed by atoms with Crippen molar-refractivity contribution in [3.05, 3.63) is 47.3 Å². The number of carbonyl (C=O) groups is 2. The van der Waals surface area contributed by atoms with Crippen LogP contribution in [0.15, 0.2) is 30.6 Å². The molecule has 2 fully saturated rings. The first kappa shape index (κ1) is 18.0. The van der Waals surface area contributed by atoms with Crippen LogP contribution < -0.4 is 10.2 Å². The predicted molar refractivity (Wildman–Crippen MR) is 99.1 cm³/mol. The van der Waals surface area contributed by atoms with Gasteiger partial charge in [-0.05, 0) is 50.3 Å². The maximum atomic E-state index is 13.3. The summed E-state index contributed by atoms with van der Waals surface area (Å²) in [5, 5.41) is 3.23. The number of H-pyrrole nitrogens is 1. The first-order chi connectivity index (χ1) is 13.0. The van der Waals surface area contributed by atoms with E-state index >= 15 is 0 Å². The minimum absolute atomic E-state index is 0.0319. The van der Waals surface area contributed by atoms with Gasteiger partial charge in [0.05, 0.1) is 16.1 Å². The minimum Gasteiger partial charge on any atom is -0.347 e. The topological polar surface area (TPSA) is 78.1 Å². The van der Waals surface area contributed by atoms with Crippen molar-refractivity contribution in [3.63, 3.8) is 0 Å². The van der Waals surface area contributed by atoms with Crippen LogP contribution in [0.5, 0.6) is 0 Å². The number of nitrogens with one attached hydrogen (secondary N) is 2. The summed E-state index contributed by atoms with van der Waals surface area (Å²) in [4.78, 5) is 33.7. The number of aromatic nitrogens is 2. The van der Waals surface area contributed by atoms with Gasteiger partial charge in [0.15, 0.2) is 5.82 Å². The number of benzene rings is 1. The van der Waals surface area contributed by atoms with E-state index in [-0.39, 0.29) is 22.9 Å². The molecule has 2 aliphatic rings. The third kappa shape index (κ3) is 3.32. The lowest BCUT2D eigenvalue weighted by Gasteiger charge is -2.36. The number of rotatable bonds is 3. The largest absolute Gasteiger partial charge is 0.347 e. The second kappa shape index (κ2) is 6.96. The lowest BCUT2D eigenvalue weighted by Crippen LogP contribution is -2.44. The summed E-state index contributed by atoms with van der Waals surface area (Å²) in [6.07, 6.45) is 6.80. The lowest BCUT2D eigenvalue weighted by atomic mass is 9.71. The molecule has 27 heavy (non-hydrogen) atoms. The van der Waals surface area contributed by atoms with Crippen molar-refractivity contribution in [3.8, 4) is 0 Å². The molecule has 4 rings (SSSR count). The van der Waals surface area contributed by atoms with Crippen LogP contribution in [0.25, 0.3) is 0 Å². The maximum Gasteiger partial charge on any atom is 0.287 e. The Balaban J connectivity index is 1.41. The van der Waals surface area contributed by atoms with Gasteiger partial charge in [-0.3, -0.25) is 9.59 Å². The Hall–Kier alpha value is -2.41. The van der Waals surface area contributed by atoms with Crippen LogP contribution in [-0.2, 0) is 4.79 Å². The summed E-state index contributed by atoms with van der Waals surface area (Å²) in [6.45, 7) is 0.577. The number of amides is 2. The Kier molecular flexibility index (Phi) is 4.63. The van der Waals surface area contributed by atoms with Crippen molar-refractivity contribution in [2.45, 2.75) is 38.1 Å². The van der Waals surface area contributed by atoms with Gasteiger partial charge >= 0.3 is 0 Å². The molecule has 6 nitrogen and oxygen atoms in total. The number of carbonyl (C=O) groups excluding carboxylic acids is 2. The predicted octanol–water partition coefficient (Wildman–Crippen LogP) is 3.30. The Labute approximate surface area is 161 Å². The molecule has 1 spiro atoms. The fourth-order valence-electron chi connectivity index (χ4n) is 4.17. The molecule has 1 saturated carbocycles. The van der Waals surface area contributed by atoms with Gasteiger partial charge in [-0.15, -0.1) is 0 Å². The molecule has 2 heterocycles. The fourth-order valence-corrected chi connectivity index (χ4v) is 4.44. The van der Waals surface area contributed by atoms with E-state index in [2.05, 4.69) is 15.3 Å². The molecule has 0 bridgehead atoms. The highest BCUT2D eigenvalue weighted by Crippen LogP contribution is 2.47. The fraction of sp³-hybridized carbons (Fsp3) is 0.421. The van der Waals surface area contributed by atoms with Gasteiger partial charge in [-0.25, -0.2) is 9.37 Å². The molecule has 1 aromatic heterocycles. The van der Waals surface area contributed by atoms with Gasteiger partial charge in [-0.1, -0.05) is 11.6 Å². The van der Waals surface area contributed by atoms with Crippen LogP contribution in [0.2, 0.25) is 5.02 Å². The summed E-state index contributed by atoms with van der Waals surface area (Å²) in [5.41, 5.74) is 0.150. The highest BCUT2D eigenvalue weighted by atomic mass is 35.5. The van der Waals surface area contributed by atoms with Crippen LogP contribution in [-0.4, -0.2) is 34.4 Å². The molecule has 0 radical (unpaired) electrons. The molecule has 2 N–H and O–H groups in total. The van der Waals surface area contributed by atoms with Crippen molar-refractivity contribution in [2.24, 2.45) is 5.41 Å². The van der Waals surface area contributed by atoms with Gasteiger partial charge in [0.1, 0.15) is 5.82 Å². The first-order valence-corrected chi connectivity index (χ1v) is 9.44. The maximum absolute atomic E-state index is 13.3. The molecule has 8 heteroatoms. The van der Waals surface area contributed by atoms with Crippen molar-refractivity contribution >= 4 is 29.1 Å². The average Bonchev–Trinajstić information content (AvgIpc) is 3.28. The highest BCUT2D eigenvalue weighted by Gasteiger charge is 2.49. The third-order valence-electron chi connectivity index (χ3n) is 5.70. The zero-order valence-corrected chi connectivity index (χ0v) is 15.4. The highest BCUT2D eigenvalue weighted by molar-refractivity contribution is 6.34. The molecule has 1 aliphatic heterocycles. The van der Waals surface area contributed by atoms with E-state index in [4.69, 9.17) is 11.6 Å². The SMILES string of the molecule is O=C(NC1CCC2(CC1)CCN(c1ccc(F)cc1Cl)C2=O)c1ncc[nH]1. The molecule has 2 aromatic rings. The first-order valence-electron chi connectivity index (χ1n) is 9.06. The molecule has 142 valence electrons. The average molecular weight is 391 g/mol. The lowest BCUT2D eigenvalue weighted by molar-refractivity contribution is -0.127. The van der Waals surface area contributed by atoms with E-state index in [9.17, 15) is 14.0 Å². The van der Waals surface area contributed by atoms with E-state index in [1.165, 1.54) is 18.3 Å². The van der Waals surface area contributed by atoms with Gasteiger partial charge in [0, 0.05) is 25.0 Å². The van der Waals surface area contributed by atoms with Gasteiger partial charge < -0.3 is 15.2 Å². The van der Waals surface area contributed by atoms with Gasteiger partial charge in [0.25, 0.3) is 5.91 Å². The monoisotopic (exact) mass is 390 g/mol. The second-order valence-electron chi connectivity index (χ2n) is 7.27. The Bertz CT molecular complexity index is 863. The molecular formula is C19H20ClFN4O2. The number of hydrogen-bond acceptors (Lipinski definition) is 3. The van der Waals surface area contributed by atoms with Crippen LogP contribution in [0.4, 0.5) is 10.1 Å². The Morgan fingerprint density at radius 1 is 1.33 bits per heavy atom. The Morgan fingerprint density at radius 3 is 2.78 bits per heavy atom. The number of hydrogen-bond donors (Lipinski definition) is 2. The van der Waals surface area contributed by atoms with E-state index < -0.39 is 11.2 Å². The standard InChI is InChI=1S/C19H20ClFN4O2/c20-14-11-12(21)1-2-15(14)25-10-7-19(18(25)27)5-3-13(4-6-19)24-17(26)16-22-8-9-23-16/h1-2,8-9,11,13H,3-7,10H2,(H,22,23)(H,24,26). The number of aromatic amines is 1. The van der Waals surface area contributed by atoms with E-state index in [0.717, 1.165) is 19.3 Å². The number of nitrogens with zero attached hydrogens (tertiary/aromatic N) is 2. The van der Waals surface area contributed by atoms with E-state index in [1.807, 2.05) is 0 Å². The van der Waals surface area contributed by atoms with Crippen molar-refractivity contribution in [1.82, 2.24) is 15.3 Å². The van der Waals surface area contributed by atoms with Crippen LogP contribution in [0.3, 0.4) is 0 Å². The quantitative estimate of drug-likeness (QED) is 0.844. The van der Waals surface area contributed by atoms with Crippen LogP contribution in [0.1, 0.15) is 42.7 Å². The summed E-state index contributed by atoms with van der Waals surface area (Å²) >= 11 is 6.14. The van der Waals surface area contributed by atoms with Crippen LogP contribution >= 0.6 is 11.6 Å². The second-order valence-corrected chi connectivity index (χ2v) is 7.68. The van der Waals surface area contributed by atoms with Crippen molar-refractivity contribution < 1.29 is 14.0 Å². The Morgan fingerprint density at radius 2 is 2.11 bits per heavy atom. The number of halogens is 2. The number of anilines is 1.